The Labute approximate surface area is 123 Å². The molecule has 0 saturated heterocycles. The van der Waals surface area contributed by atoms with Gasteiger partial charge in [0.05, 0.1) is 5.41 Å². The van der Waals surface area contributed by atoms with E-state index in [1.807, 2.05) is 0 Å². The number of fused-ring (bicyclic) bond motifs is 2. The third kappa shape index (κ3) is 1.86. The lowest BCUT2D eigenvalue weighted by Gasteiger charge is -2.32. The average Bonchev–Trinajstić information content (AvgIpc) is 2.62. The van der Waals surface area contributed by atoms with Gasteiger partial charge in [0.1, 0.15) is 7.05 Å². The molecule has 1 saturated carbocycles. The Bertz CT molecular complexity index is 566. The molecule has 1 aromatic rings. The summed E-state index contributed by atoms with van der Waals surface area (Å²) in [6.07, 6.45) is 6.84. The van der Waals surface area contributed by atoms with Crippen LogP contribution >= 0.6 is 0 Å². The van der Waals surface area contributed by atoms with Gasteiger partial charge in [0.2, 0.25) is 5.69 Å². The van der Waals surface area contributed by atoms with Gasteiger partial charge in [0.15, 0.2) is 5.71 Å². The fraction of sp³-hybridized carbons (Fsp3) is 0.632. The quantitative estimate of drug-likeness (QED) is 0.588. The van der Waals surface area contributed by atoms with E-state index in [1.165, 1.54) is 43.4 Å². The van der Waals surface area contributed by atoms with Crippen molar-refractivity contribution in [2.24, 2.45) is 0 Å². The standard InChI is InChI=1S/C19H28N/c1-14-19(11-7-6-8-12-19)16-13-15(18(2,3)4)9-10-17(16)20(14)5/h9-10,13H,6-8,11-12H2,1-5H3/q+1. The molecule has 0 N–H and O–H groups in total. The predicted molar refractivity (Wildman–Crippen MR) is 86.4 cm³/mol. The molecule has 1 spiro atoms. The molecule has 1 fully saturated rings. The van der Waals surface area contributed by atoms with E-state index in [9.17, 15) is 0 Å². The molecule has 1 aliphatic carbocycles. The molecule has 0 bridgehead atoms. The second-order valence-electron chi connectivity index (χ2n) is 7.77. The molecular formula is C19H28N+. The van der Waals surface area contributed by atoms with Crippen LogP contribution in [-0.4, -0.2) is 17.3 Å². The summed E-state index contributed by atoms with van der Waals surface area (Å²) in [6.45, 7) is 9.30. The minimum Gasteiger partial charge on any atom is -0.202 e. The molecule has 3 rings (SSSR count). The van der Waals surface area contributed by atoms with Gasteiger partial charge in [-0.15, -0.1) is 0 Å². The van der Waals surface area contributed by atoms with E-state index in [2.05, 4.69) is 57.5 Å². The molecule has 1 aromatic carbocycles. The van der Waals surface area contributed by atoms with Crippen molar-refractivity contribution in [3.05, 3.63) is 29.3 Å². The van der Waals surface area contributed by atoms with Crippen molar-refractivity contribution in [1.29, 1.82) is 0 Å². The highest BCUT2D eigenvalue weighted by Gasteiger charge is 2.49. The van der Waals surface area contributed by atoms with Crippen molar-refractivity contribution in [3.8, 4) is 0 Å². The average molecular weight is 270 g/mol. The van der Waals surface area contributed by atoms with Crippen LogP contribution in [0.1, 0.15) is 70.9 Å². The summed E-state index contributed by atoms with van der Waals surface area (Å²) in [5.74, 6) is 0. The molecule has 0 radical (unpaired) electrons. The lowest BCUT2D eigenvalue weighted by atomic mass is 9.67. The lowest BCUT2D eigenvalue weighted by molar-refractivity contribution is -0.403. The zero-order valence-electron chi connectivity index (χ0n) is 13.7. The van der Waals surface area contributed by atoms with Crippen LogP contribution in [0.15, 0.2) is 18.2 Å². The molecule has 0 aromatic heterocycles. The maximum Gasteiger partial charge on any atom is 0.209 e. The minimum atomic E-state index is 0.236. The summed E-state index contributed by atoms with van der Waals surface area (Å²) in [5.41, 5.74) is 6.66. The van der Waals surface area contributed by atoms with E-state index in [-0.39, 0.29) is 5.41 Å². The van der Waals surface area contributed by atoms with Crippen molar-refractivity contribution in [2.75, 3.05) is 7.05 Å². The highest BCUT2D eigenvalue weighted by molar-refractivity contribution is 5.94. The van der Waals surface area contributed by atoms with Crippen LogP contribution in [0, 0.1) is 0 Å². The first-order chi connectivity index (χ1) is 9.36. The largest absolute Gasteiger partial charge is 0.209 e. The van der Waals surface area contributed by atoms with E-state index < -0.39 is 0 Å². The summed E-state index contributed by atoms with van der Waals surface area (Å²) < 4.78 is 2.44. The number of hydrogen-bond acceptors (Lipinski definition) is 0. The van der Waals surface area contributed by atoms with Crippen LogP contribution in [0.2, 0.25) is 0 Å². The topological polar surface area (TPSA) is 3.01 Å². The molecule has 1 nitrogen and oxygen atoms in total. The monoisotopic (exact) mass is 270 g/mol. The second-order valence-corrected chi connectivity index (χ2v) is 7.77. The maximum absolute atomic E-state index is 2.51. The van der Waals surface area contributed by atoms with Crippen LogP contribution in [0.25, 0.3) is 0 Å². The lowest BCUT2D eigenvalue weighted by Crippen LogP contribution is -2.35. The number of benzene rings is 1. The molecule has 0 atom stereocenters. The highest BCUT2D eigenvalue weighted by atomic mass is 15.0. The predicted octanol–water partition coefficient (Wildman–Crippen LogP) is 4.93. The molecule has 0 amide bonds. The van der Waals surface area contributed by atoms with E-state index >= 15 is 0 Å². The van der Waals surface area contributed by atoms with Crippen molar-refractivity contribution in [3.63, 3.8) is 0 Å². The van der Waals surface area contributed by atoms with Crippen LogP contribution in [0.3, 0.4) is 0 Å². The highest BCUT2D eigenvalue weighted by Crippen LogP contribution is 2.49. The van der Waals surface area contributed by atoms with Crippen molar-refractivity contribution in [2.45, 2.75) is 70.6 Å². The molecule has 108 valence electrons. The maximum atomic E-state index is 2.51. The van der Waals surface area contributed by atoms with E-state index in [0.717, 1.165) is 0 Å². The summed E-state index contributed by atoms with van der Waals surface area (Å²) in [5, 5.41) is 0. The summed E-state index contributed by atoms with van der Waals surface area (Å²) >= 11 is 0. The second kappa shape index (κ2) is 4.44. The molecule has 1 heterocycles. The minimum absolute atomic E-state index is 0.236. The van der Waals surface area contributed by atoms with E-state index in [0.29, 0.717) is 5.41 Å². The first kappa shape index (κ1) is 13.9. The Morgan fingerprint density at radius 1 is 1.05 bits per heavy atom. The SMILES string of the molecule is CC1=[N+](C)c2ccc(C(C)(C)C)cc2C12CCCCC2. The number of nitrogens with zero attached hydrogens (tertiary/aromatic N) is 1. The van der Waals surface area contributed by atoms with Gasteiger partial charge >= 0.3 is 0 Å². The van der Waals surface area contributed by atoms with Crippen molar-refractivity contribution in [1.82, 2.24) is 0 Å². The van der Waals surface area contributed by atoms with Gasteiger partial charge in [0, 0.05) is 18.6 Å². The Balaban J connectivity index is 2.17. The van der Waals surface area contributed by atoms with Crippen molar-refractivity contribution < 1.29 is 4.58 Å². The summed E-state index contributed by atoms with van der Waals surface area (Å²) in [7, 11) is 2.24. The van der Waals surface area contributed by atoms with E-state index in [4.69, 9.17) is 0 Å². The zero-order valence-corrected chi connectivity index (χ0v) is 13.7. The van der Waals surface area contributed by atoms with Crippen molar-refractivity contribution >= 4 is 11.4 Å². The molecule has 1 heteroatoms. The number of hydrogen-bond donors (Lipinski definition) is 0. The van der Waals surface area contributed by atoms with Gasteiger partial charge < -0.3 is 0 Å². The van der Waals surface area contributed by atoms with Gasteiger partial charge in [-0.05, 0) is 29.9 Å². The van der Waals surface area contributed by atoms with Crippen LogP contribution in [-0.2, 0) is 10.8 Å². The van der Waals surface area contributed by atoms with Gasteiger partial charge in [-0.2, -0.15) is 0 Å². The Kier molecular flexibility index (Phi) is 3.08. The van der Waals surface area contributed by atoms with E-state index in [1.54, 1.807) is 11.3 Å². The van der Waals surface area contributed by atoms with Crippen LogP contribution in [0.5, 0.6) is 0 Å². The normalized spacial score (nSPS) is 21.4. The molecular weight excluding hydrogens is 242 g/mol. The first-order valence-corrected chi connectivity index (χ1v) is 8.09. The Morgan fingerprint density at radius 3 is 2.30 bits per heavy atom. The third-order valence-electron chi connectivity index (χ3n) is 5.64. The zero-order chi connectivity index (χ0) is 14.5. The molecule has 20 heavy (non-hydrogen) atoms. The molecule has 2 aliphatic rings. The fourth-order valence-corrected chi connectivity index (χ4v) is 4.16. The van der Waals surface area contributed by atoms with Gasteiger partial charge in [-0.25, -0.2) is 4.58 Å². The first-order valence-electron chi connectivity index (χ1n) is 8.09. The molecule has 1 aliphatic heterocycles. The van der Waals surface area contributed by atoms with Crippen LogP contribution < -0.4 is 0 Å². The fourth-order valence-electron chi connectivity index (χ4n) is 4.16. The number of rotatable bonds is 0. The Hall–Kier alpha value is -1.11. The smallest absolute Gasteiger partial charge is 0.202 e. The van der Waals surface area contributed by atoms with Crippen LogP contribution in [0.4, 0.5) is 5.69 Å². The van der Waals surface area contributed by atoms with Gasteiger partial charge in [0.25, 0.3) is 0 Å². The van der Waals surface area contributed by atoms with Gasteiger partial charge in [-0.3, -0.25) is 0 Å². The summed E-state index contributed by atoms with van der Waals surface area (Å²) in [6, 6.07) is 7.18. The third-order valence-corrected chi connectivity index (χ3v) is 5.64. The Morgan fingerprint density at radius 2 is 1.70 bits per heavy atom. The summed E-state index contributed by atoms with van der Waals surface area (Å²) in [4.78, 5) is 0. The molecule has 0 unspecified atom stereocenters. The van der Waals surface area contributed by atoms with Gasteiger partial charge in [-0.1, -0.05) is 46.1 Å².